The molecular formula is C29H32N4O2. The van der Waals surface area contributed by atoms with Crippen molar-refractivity contribution in [3.8, 4) is 22.4 Å². The summed E-state index contributed by atoms with van der Waals surface area (Å²) in [5, 5.41) is 8.44. The normalized spacial score (nSPS) is 10.9. The fourth-order valence-electron chi connectivity index (χ4n) is 4.10. The summed E-state index contributed by atoms with van der Waals surface area (Å²) >= 11 is 0. The Morgan fingerprint density at radius 2 is 1.54 bits per heavy atom. The van der Waals surface area contributed by atoms with Crippen LogP contribution in [0.2, 0.25) is 0 Å². The van der Waals surface area contributed by atoms with Crippen LogP contribution >= 0.6 is 0 Å². The van der Waals surface area contributed by atoms with Crippen molar-refractivity contribution >= 4 is 5.97 Å². The maximum Gasteiger partial charge on any atom is 0.310 e. The lowest BCUT2D eigenvalue weighted by molar-refractivity contribution is -0.142. The number of nitrogens with zero attached hydrogens (tertiary/aromatic N) is 4. The smallest absolute Gasteiger partial charge is 0.310 e. The Kier molecular flexibility index (Phi) is 9.16. The summed E-state index contributed by atoms with van der Waals surface area (Å²) < 4.78 is 7.40. The standard InChI is InChI=1S/C29H32N4O2/c34-29(21-25-15-8-9-17-27(25)24-13-6-5-7-14-24)35-20-11-4-2-1-3-10-19-33-23-28(31-32-33)26-16-12-18-30-22-26/h5-9,12-18,22-23H,1-4,10-11,19-21H2. The molecule has 180 valence electrons. The van der Waals surface area contributed by atoms with Gasteiger partial charge in [-0.2, -0.15) is 0 Å². The van der Waals surface area contributed by atoms with Gasteiger partial charge in [-0.3, -0.25) is 14.5 Å². The molecule has 2 aromatic heterocycles. The molecule has 0 N–H and O–H groups in total. The minimum Gasteiger partial charge on any atom is -0.465 e. The Morgan fingerprint density at radius 3 is 2.37 bits per heavy atom. The van der Waals surface area contributed by atoms with E-state index in [0.29, 0.717) is 13.0 Å². The van der Waals surface area contributed by atoms with E-state index in [2.05, 4.69) is 33.5 Å². The summed E-state index contributed by atoms with van der Waals surface area (Å²) in [4.78, 5) is 16.5. The molecule has 0 saturated heterocycles. The first kappa shape index (κ1) is 24.3. The van der Waals surface area contributed by atoms with Gasteiger partial charge < -0.3 is 4.74 Å². The van der Waals surface area contributed by atoms with Crippen molar-refractivity contribution in [3.63, 3.8) is 0 Å². The lowest BCUT2D eigenvalue weighted by Gasteiger charge is -2.10. The zero-order chi connectivity index (χ0) is 24.1. The van der Waals surface area contributed by atoms with Crippen LogP contribution in [0.1, 0.15) is 44.1 Å². The quantitative estimate of drug-likeness (QED) is 0.174. The molecule has 0 atom stereocenters. The molecule has 0 aliphatic rings. The van der Waals surface area contributed by atoms with E-state index in [9.17, 15) is 4.79 Å². The number of esters is 1. The molecule has 0 amide bonds. The Morgan fingerprint density at radius 1 is 0.800 bits per heavy atom. The zero-order valence-corrected chi connectivity index (χ0v) is 20.1. The Hall–Kier alpha value is -3.80. The number of hydrogen-bond donors (Lipinski definition) is 0. The largest absolute Gasteiger partial charge is 0.465 e. The maximum atomic E-state index is 12.4. The fourth-order valence-corrected chi connectivity index (χ4v) is 4.10. The van der Waals surface area contributed by atoms with Gasteiger partial charge in [-0.05, 0) is 41.7 Å². The van der Waals surface area contributed by atoms with Crippen LogP contribution in [0.5, 0.6) is 0 Å². The molecule has 0 spiro atoms. The van der Waals surface area contributed by atoms with Crippen LogP contribution in [0.4, 0.5) is 0 Å². The molecule has 0 fully saturated rings. The van der Waals surface area contributed by atoms with Gasteiger partial charge in [0.1, 0.15) is 5.69 Å². The van der Waals surface area contributed by atoms with E-state index in [4.69, 9.17) is 4.74 Å². The third-order valence-electron chi connectivity index (χ3n) is 5.98. The summed E-state index contributed by atoms with van der Waals surface area (Å²) in [6.07, 6.45) is 12.4. The zero-order valence-electron chi connectivity index (χ0n) is 20.1. The minimum atomic E-state index is -0.160. The van der Waals surface area contributed by atoms with Crippen molar-refractivity contribution in [2.45, 2.75) is 51.5 Å². The second-order valence-corrected chi connectivity index (χ2v) is 8.65. The second kappa shape index (κ2) is 13.2. The summed E-state index contributed by atoms with van der Waals surface area (Å²) in [6.45, 7) is 1.36. The lowest BCUT2D eigenvalue weighted by atomic mass is 9.98. The molecule has 35 heavy (non-hydrogen) atoms. The van der Waals surface area contributed by atoms with Crippen LogP contribution in [-0.2, 0) is 22.5 Å². The van der Waals surface area contributed by atoms with E-state index in [1.807, 2.05) is 59.4 Å². The van der Waals surface area contributed by atoms with Gasteiger partial charge in [-0.1, -0.05) is 85.5 Å². The van der Waals surface area contributed by atoms with E-state index in [1.165, 1.54) is 6.42 Å². The molecule has 0 bridgehead atoms. The van der Waals surface area contributed by atoms with Crippen LogP contribution < -0.4 is 0 Å². The second-order valence-electron chi connectivity index (χ2n) is 8.65. The average Bonchev–Trinajstić information content (AvgIpc) is 3.38. The molecule has 6 nitrogen and oxygen atoms in total. The third kappa shape index (κ3) is 7.60. The van der Waals surface area contributed by atoms with Crippen molar-refractivity contribution in [1.82, 2.24) is 20.0 Å². The first-order valence-corrected chi connectivity index (χ1v) is 12.4. The van der Waals surface area contributed by atoms with Crippen LogP contribution in [-0.4, -0.2) is 32.6 Å². The number of hydrogen-bond acceptors (Lipinski definition) is 5. The molecule has 0 unspecified atom stereocenters. The van der Waals surface area contributed by atoms with E-state index >= 15 is 0 Å². The maximum absolute atomic E-state index is 12.4. The molecule has 0 aliphatic heterocycles. The molecule has 2 aromatic carbocycles. The van der Waals surface area contributed by atoms with Crippen LogP contribution in [0.25, 0.3) is 22.4 Å². The number of benzene rings is 2. The molecule has 0 saturated carbocycles. The minimum absolute atomic E-state index is 0.160. The van der Waals surface area contributed by atoms with Gasteiger partial charge in [0.15, 0.2) is 0 Å². The third-order valence-corrected chi connectivity index (χ3v) is 5.98. The average molecular weight is 469 g/mol. The number of carbonyl (C=O) groups excluding carboxylic acids is 1. The van der Waals surface area contributed by atoms with Gasteiger partial charge in [-0.15, -0.1) is 5.10 Å². The molecule has 0 aliphatic carbocycles. The monoisotopic (exact) mass is 468 g/mol. The highest BCUT2D eigenvalue weighted by Crippen LogP contribution is 2.24. The van der Waals surface area contributed by atoms with Gasteiger partial charge in [0, 0.05) is 24.5 Å². The number of aromatic nitrogens is 4. The highest BCUT2D eigenvalue weighted by Gasteiger charge is 2.10. The van der Waals surface area contributed by atoms with E-state index in [-0.39, 0.29) is 5.97 Å². The number of unbranched alkanes of at least 4 members (excludes halogenated alkanes) is 5. The predicted molar refractivity (Wildman–Crippen MR) is 137 cm³/mol. The molecule has 0 radical (unpaired) electrons. The molecule has 4 aromatic rings. The number of rotatable bonds is 13. The van der Waals surface area contributed by atoms with Crippen molar-refractivity contribution in [1.29, 1.82) is 0 Å². The predicted octanol–water partition coefficient (Wildman–Crippen LogP) is 6.13. The van der Waals surface area contributed by atoms with E-state index in [1.54, 1.807) is 12.4 Å². The Labute approximate surface area is 207 Å². The van der Waals surface area contributed by atoms with Gasteiger partial charge in [0.25, 0.3) is 0 Å². The van der Waals surface area contributed by atoms with Crippen molar-refractivity contribution in [3.05, 3.63) is 90.9 Å². The van der Waals surface area contributed by atoms with Gasteiger partial charge >= 0.3 is 5.97 Å². The van der Waals surface area contributed by atoms with Crippen LogP contribution in [0.15, 0.2) is 85.3 Å². The molecule has 4 rings (SSSR count). The first-order valence-electron chi connectivity index (χ1n) is 12.4. The number of aryl methyl sites for hydroxylation is 1. The lowest BCUT2D eigenvalue weighted by Crippen LogP contribution is -2.10. The van der Waals surface area contributed by atoms with Crippen LogP contribution in [0.3, 0.4) is 0 Å². The number of ether oxygens (including phenoxy) is 1. The number of pyridine rings is 1. The van der Waals surface area contributed by atoms with Gasteiger partial charge in [0.05, 0.1) is 19.2 Å². The highest BCUT2D eigenvalue weighted by atomic mass is 16.5. The van der Waals surface area contributed by atoms with Gasteiger partial charge in [-0.25, -0.2) is 0 Å². The molecule has 2 heterocycles. The summed E-state index contributed by atoms with van der Waals surface area (Å²) in [7, 11) is 0. The van der Waals surface area contributed by atoms with E-state index < -0.39 is 0 Å². The van der Waals surface area contributed by atoms with E-state index in [0.717, 1.165) is 66.6 Å². The van der Waals surface area contributed by atoms with Gasteiger partial charge in [0.2, 0.25) is 0 Å². The topological polar surface area (TPSA) is 69.9 Å². The summed E-state index contributed by atoms with van der Waals surface area (Å²) in [5.74, 6) is -0.160. The highest BCUT2D eigenvalue weighted by molar-refractivity contribution is 5.77. The Bertz CT molecular complexity index is 1180. The molecular weight excluding hydrogens is 436 g/mol. The Balaban J connectivity index is 1.07. The SMILES string of the molecule is O=C(Cc1ccccc1-c1ccccc1)OCCCCCCCCn1cc(-c2cccnc2)nn1. The van der Waals surface area contributed by atoms with Crippen LogP contribution in [0, 0.1) is 0 Å². The summed E-state index contributed by atoms with van der Waals surface area (Å²) in [5.41, 5.74) is 5.05. The fraction of sp³-hybridized carbons (Fsp3) is 0.310. The molecule has 6 heteroatoms. The van der Waals surface area contributed by atoms with Crippen molar-refractivity contribution in [2.24, 2.45) is 0 Å². The first-order chi connectivity index (χ1) is 17.3. The number of carbonyl (C=O) groups is 1. The van der Waals surface area contributed by atoms with Crippen molar-refractivity contribution < 1.29 is 9.53 Å². The summed E-state index contributed by atoms with van der Waals surface area (Å²) in [6, 6.07) is 22.1. The van der Waals surface area contributed by atoms with Crippen molar-refractivity contribution in [2.75, 3.05) is 6.61 Å².